The van der Waals surface area contributed by atoms with Gasteiger partial charge < -0.3 is 0 Å². The Labute approximate surface area is 368 Å². The zero-order valence-electron chi connectivity index (χ0n) is 29.7. The zero-order valence-corrected chi connectivity index (χ0v) is 36.8. The van der Waals surface area contributed by atoms with Gasteiger partial charge in [0.05, 0.1) is 6.57 Å². The first-order chi connectivity index (χ1) is 27.6. The molecule has 8 aromatic carbocycles. The number of hydrogen-bond acceptors (Lipinski definition) is 4. The van der Waals surface area contributed by atoms with Crippen LogP contribution in [0.4, 0.5) is 5.69 Å². The Morgan fingerprint density at radius 2 is 0.807 bits per heavy atom. The number of aromatic nitrogens is 3. The average molecular weight is 1020 g/mol. The van der Waals surface area contributed by atoms with Crippen LogP contribution in [0.5, 0.6) is 0 Å². The summed E-state index contributed by atoms with van der Waals surface area (Å²) >= 11 is 18.9. The summed E-state index contributed by atoms with van der Waals surface area (Å²) < 4.78 is 3.57. The lowest BCUT2D eigenvalue weighted by Crippen LogP contribution is -2.00. The summed E-state index contributed by atoms with van der Waals surface area (Å²) in [6.45, 7) is 6.84. The van der Waals surface area contributed by atoms with E-state index in [4.69, 9.17) is 33.1 Å². The van der Waals surface area contributed by atoms with Gasteiger partial charge in [-0.2, -0.15) is 0 Å². The van der Waals surface area contributed by atoms with Crippen LogP contribution >= 0.6 is 75.3 Å². The van der Waals surface area contributed by atoms with Gasteiger partial charge >= 0.3 is 0 Å². The van der Waals surface area contributed by atoms with E-state index in [1.807, 2.05) is 91.0 Å². The fourth-order valence-corrected chi connectivity index (χ4v) is 8.71. The zero-order chi connectivity index (χ0) is 39.9. The van der Waals surface area contributed by atoms with Crippen LogP contribution in [0.3, 0.4) is 0 Å². The number of carbonyl (C=O) groups excluding carboxylic acids is 1. The van der Waals surface area contributed by atoms with E-state index in [2.05, 4.69) is 129 Å². The van der Waals surface area contributed by atoms with E-state index in [-0.39, 0.29) is 0 Å². The van der Waals surface area contributed by atoms with Crippen molar-refractivity contribution in [3.05, 3.63) is 199 Å². The minimum atomic E-state index is -0.452. The summed E-state index contributed by atoms with van der Waals surface area (Å²) in [5.41, 5.74) is 4.01. The Morgan fingerprint density at radius 1 is 0.439 bits per heavy atom. The third kappa shape index (κ3) is 10.3. The van der Waals surface area contributed by atoms with Crippen LogP contribution in [0, 0.1) is 6.57 Å². The second-order valence-electron chi connectivity index (χ2n) is 12.7. The molecular weight excluding hydrogens is 992 g/mol. The first-order valence-electron chi connectivity index (χ1n) is 17.3. The Hall–Kier alpha value is -5.08. The first-order valence-corrected chi connectivity index (χ1v) is 20.9. The van der Waals surface area contributed by atoms with Crippen molar-refractivity contribution in [2.75, 3.05) is 0 Å². The molecule has 0 bridgehead atoms. The van der Waals surface area contributed by atoms with Gasteiger partial charge in [0.2, 0.25) is 0 Å². The average Bonchev–Trinajstić information content (AvgIpc) is 3.22. The SMILES string of the molecule is Brc1cc(Br)cc(-c2nc(-c3ccc4ccccc4c3)nc(-c3ccc4ccccc4c3)n2)c1.O=C(Cl)c1cc(Br)cc(Br)c1.[C-]#[N+]c1ccc2ccccc2c1. The molecule has 0 radical (unpaired) electrons. The predicted molar refractivity (Wildman–Crippen MR) is 249 cm³/mol. The van der Waals surface area contributed by atoms with E-state index in [1.54, 1.807) is 12.1 Å². The molecule has 0 aliphatic rings. The van der Waals surface area contributed by atoms with Gasteiger partial charge in [-0.25, -0.2) is 19.8 Å². The van der Waals surface area contributed by atoms with Gasteiger partial charge in [-0.15, -0.1) is 0 Å². The van der Waals surface area contributed by atoms with Crippen molar-refractivity contribution < 1.29 is 4.79 Å². The monoisotopic (exact) mass is 1010 g/mol. The summed E-state index contributed by atoms with van der Waals surface area (Å²) in [7, 11) is 0. The van der Waals surface area contributed by atoms with E-state index < -0.39 is 5.24 Å². The molecule has 0 amide bonds. The van der Waals surface area contributed by atoms with Gasteiger partial charge in [0.1, 0.15) is 0 Å². The fourth-order valence-electron chi connectivity index (χ4n) is 6.02. The van der Waals surface area contributed by atoms with Crippen LogP contribution in [0.2, 0.25) is 0 Å². The van der Waals surface area contributed by atoms with Crippen molar-refractivity contribution in [1.82, 2.24) is 15.0 Å². The van der Waals surface area contributed by atoms with E-state index in [9.17, 15) is 4.79 Å². The molecule has 0 saturated carbocycles. The topological polar surface area (TPSA) is 60.1 Å². The Morgan fingerprint density at radius 3 is 1.23 bits per heavy atom. The maximum atomic E-state index is 10.7. The highest BCUT2D eigenvalue weighted by Gasteiger charge is 2.14. The predicted octanol–water partition coefficient (Wildman–Crippen LogP) is 15.7. The Kier molecular flexibility index (Phi) is 13.0. The van der Waals surface area contributed by atoms with Crippen molar-refractivity contribution >= 4 is 119 Å². The minimum Gasteiger partial charge on any atom is -0.276 e. The summed E-state index contributed by atoms with van der Waals surface area (Å²) in [5, 5.41) is 6.54. The van der Waals surface area contributed by atoms with Crippen LogP contribution in [0.15, 0.2) is 182 Å². The van der Waals surface area contributed by atoms with Gasteiger partial charge in [0.15, 0.2) is 23.2 Å². The maximum Gasteiger partial charge on any atom is 0.252 e. The lowest BCUT2D eigenvalue weighted by molar-refractivity contribution is 0.108. The third-order valence-electron chi connectivity index (χ3n) is 8.72. The molecule has 0 spiro atoms. The quantitative estimate of drug-likeness (QED) is 0.130. The lowest BCUT2D eigenvalue weighted by atomic mass is 10.1. The fraction of sp³-hybridized carbons (Fsp3) is 0. The van der Waals surface area contributed by atoms with Gasteiger partial charge in [0, 0.05) is 40.1 Å². The number of hydrogen-bond donors (Lipinski definition) is 0. The van der Waals surface area contributed by atoms with Gasteiger partial charge in [0.25, 0.3) is 5.24 Å². The van der Waals surface area contributed by atoms with Gasteiger partial charge in [-0.3, -0.25) is 4.79 Å². The van der Waals surface area contributed by atoms with Crippen LogP contribution in [0.1, 0.15) is 10.4 Å². The highest BCUT2D eigenvalue weighted by atomic mass is 79.9. The highest BCUT2D eigenvalue weighted by molar-refractivity contribution is 9.11. The second kappa shape index (κ2) is 18.5. The number of rotatable bonds is 4. The molecule has 0 saturated heterocycles. The van der Waals surface area contributed by atoms with Crippen molar-refractivity contribution in [2.24, 2.45) is 0 Å². The second-order valence-corrected chi connectivity index (χ2v) is 16.7. The maximum absolute atomic E-state index is 10.7. The summed E-state index contributed by atoms with van der Waals surface area (Å²) in [6, 6.07) is 54.2. The summed E-state index contributed by atoms with van der Waals surface area (Å²) in [6.07, 6.45) is 0. The van der Waals surface area contributed by atoms with Crippen LogP contribution in [0.25, 0.3) is 71.3 Å². The van der Waals surface area contributed by atoms with E-state index in [0.29, 0.717) is 28.7 Å². The molecule has 0 unspecified atom stereocenters. The van der Waals surface area contributed by atoms with Crippen molar-refractivity contribution in [3.63, 3.8) is 0 Å². The van der Waals surface area contributed by atoms with E-state index in [0.717, 1.165) is 50.7 Å². The molecule has 0 fully saturated rings. The van der Waals surface area contributed by atoms with Crippen molar-refractivity contribution in [1.29, 1.82) is 0 Å². The Balaban J connectivity index is 0.000000175. The van der Waals surface area contributed by atoms with Gasteiger partial charge in [-0.05, 0) is 98.5 Å². The molecule has 9 rings (SSSR count). The van der Waals surface area contributed by atoms with Crippen LogP contribution in [-0.4, -0.2) is 20.2 Å². The van der Waals surface area contributed by atoms with Crippen LogP contribution in [-0.2, 0) is 0 Å². The molecule has 10 heteroatoms. The highest BCUT2D eigenvalue weighted by Crippen LogP contribution is 2.31. The normalized spacial score (nSPS) is 10.6. The van der Waals surface area contributed by atoms with Crippen molar-refractivity contribution in [3.8, 4) is 34.2 Å². The Bertz CT molecular complexity index is 2850. The number of fused-ring (bicyclic) bond motifs is 3. The molecular formula is C47H27Br4ClN4O. The standard InChI is InChI=1S/C29H17Br2N3.C11H7N.C7H3Br2ClO/c30-25-15-24(16-26(31)17-25)29-33-27(22-11-9-18-5-1-3-7-20(18)13-22)32-28(34-29)23-12-10-19-6-2-4-8-21(19)14-23;1-12-11-7-6-9-4-2-3-5-10(9)8-11;8-5-1-4(7(10)11)2-6(9)3-5/h1-17H;2-8H;1-3H. The molecule has 1 aromatic heterocycles. The number of benzene rings is 8. The molecule has 5 nitrogen and oxygen atoms in total. The molecule has 1 heterocycles. The third-order valence-corrected chi connectivity index (χ3v) is 10.8. The molecule has 0 N–H and O–H groups in total. The molecule has 0 aliphatic carbocycles. The molecule has 57 heavy (non-hydrogen) atoms. The molecule has 0 aliphatic heterocycles. The van der Waals surface area contributed by atoms with Crippen molar-refractivity contribution in [2.45, 2.75) is 0 Å². The molecule has 9 aromatic rings. The first kappa shape index (κ1) is 40.1. The smallest absolute Gasteiger partial charge is 0.252 e. The largest absolute Gasteiger partial charge is 0.276 e. The van der Waals surface area contributed by atoms with Gasteiger partial charge in [-0.1, -0.05) is 173 Å². The molecule has 276 valence electrons. The number of nitrogens with zero attached hydrogens (tertiary/aromatic N) is 4. The molecule has 0 atom stereocenters. The summed E-state index contributed by atoms with van der Waals surface area (Å²) in [4.78, 5) is 28.7. The van der Waals surface area contributed by atoms with Crippen LogP contribution < -0.4 is 0 Å². The minimum absolute atomic E-state index is 0.452. The lowest BCUT2D eigenvalue weighted by Gasteiger charge is -2.10. The van der Waals surface area contributed by atoms with E-state index in [1.165, 1.54) is 16.2 Å². The van der Waals surface area contributed by atoms with E-state index >= 15 is 0 Å². The number of carbonyl (C=O) groups is 1. The summed E-state index contributed by atoms with van der Waals surface area (Å²) in [5.74, 6) is 1.92. The number of halogens is 5.